The number of sulfonamides is 1. The number of para-hydroxylation sites is 1. The van der Waals surface area contributed by atoms with E-state index in [1.54, 1.807) is 47.3 Å². The first-order chi connectivity index (χ1) is 19.3. The first-order valence-electron chi connectivity index (χ1n) is 12.7. The number of carbonyl (C=O) groups excluding carboxylic acids is 1. The Hall–Kier alpha value is -4.56. The Kier molecular flexibility index (Phi) is 7.89. The average molecular weight is 554 g/mol. The van der Waals surface area contributed by atoms with Crippen LogP contribution in [-0.2, 0) is 19.6 Å². The summed E-state index contributed by atoms with van der Waals surface area (Å²) in [7, 11) is -3.74. The lowest BCUT2D eigenvalue weighted by Gasteiger charge is -2.26. The Morgan fingerprint density at radius 2 is 1.75 bits per heavy atom. The molecule has 40 heavy (non-hydrogen) atoms. The number of amides is 1. The lowest BCUT2D eigenvalue weighted by atomic mass is 10.1. The van der Waals surface area contributed by atoms with Gasteiger partial charge < -0.3 is 10.1 Å². The normalized spacial score (nSPS) is 14.4. The number of aryl methyl sites for hydroxylation is 1. The van der Waals surface area contributed by atoms with E-state index in [1.807, 2.05) is 55.5 Å². The minimum Gasteiger partial charge on any atom is -0.379 e. The maximum atomic E-state index is 13.3. The molecule has 10 heteroatoms. The molecule has 2 heterocycles. The highest BCUT2D eigenvalue weighted by molar-refractivity contribution is 7.89. The van der Waals surface area contributed by atoms with Crippen molar-refractivity contribution in [2.45, 2.75) is 11.8 Å². The summed E-state index contributed by atoms with van der Waals surface area (Å²) in [5.41, 5.74) is 3.71. The highest BCUT2D eigenvalue weighted by atomic mass is 32.2. The fourth-order valence-corrected chi connectivity index (χ4v) is 5.76. The third-order valence-corrected chi connectivity index (χ3v) is 8.35. The molecule has 1 amide bonds. The summed E-state index contributed by atoms with van der Waals surface area (Å²) >= 11 is 0. The molecule has 3 aromatic carbocycles. The average Bonchev–Trinajstić information content (AvgIpc) is 3.42. The summed E-state index contributed by atoms with van der Waals surface area (Å²) in [5.74, 6) is -0.562. The van der Waals surface area contributed by atoms with E-state index >= 15 is 0 Å². The van der Waals surface area contributed by atoms with E-state index in [1.165, 1.54) is 10.4 Å². The lowest BCUT2D eigenvalue weighted by Crippen LogP contribution is -2.40. The predicted molar refractivity (Wildman–Crippen MR) is 152 cm³/mol. The molecule has 0 bridgehead atoms. The zero-order chi connectivity index (χ0) is 28.1. The monoisotopic (exact) mass is 553 g/mol. The number of rotatable bonds is 7. The van der Waals surface area contributed by atoms with Crippen LogP contribution in [0.15, 0.2) is 95.5 Å². The summed E-state index contributed by atoms with van der Waals surface area (Å²) in [6, 6.07) is 25.2. The molecule has 1 aromatic heterocycles. The van der Waals surface area contributed by atoms with Gasteiger partial charge >= 0.3 is 0 Å². The van der Waals surface area contributed by atoms with E-state index in [9.17, 15) is 18.5 Å². The topological polar surface area (TPSA) is 117 Å². The minimum atomic E-state index is -3.74. The number of hydrogen-bond donors (Lipinski definition) is 1. The molecule has 1 N–H and O–H groups in total. The van der Waals surface area contributed by atoms with Gasteiger partial charge in [0.15, 0.2) is 0 Å². The third-order valence-electron chi connectivity index (χ3n) is 6.45. The molecule has 9 nitrogen and oxygen atoms in total. The van der Waals surface area contributed by atoms with Crippen molar-refractivity contribution >= 4 is 27.7 Å². The molecule has 0 unspecified atom stereocenters. The second-order valence-electron chi connectivity index (χ2n) is 9.25. The lowest BCUT2D eigenvalue weighted by molar-refractivity contribution is -0.112. The molecule has 1 aliphatic rings. The van der Waals surface area contributed by atoms with Crippen LogP contribution in [0.4, 0.5) is 5.69 Å². The molecule has 1 saturated heterocycles. The largest absolute Gasteiger partial charge is 0.379 e. The summed E-state index contributed by atoms with van der Waals surface area (Å²) in [5, 5.41) is 17.3. The molecule has 0 atom stereocenters. The van der Waals surface area contributed by atoms with Crippen molar-refractivity contribution in [3.8, 4) is 23.0 Å². The van der Waals surface area contributed by atoms with E-state index < -0.39 is 15.9 Å². The van der Waals surface area contributed by atoms with Gasteiger partial charge in [-0.25, -0.2) is 13.1 Å². The highest BCUT2D eigenvalue weighted by Gasteiger charge is 2.27. The number of aromatic nitrogens is 2. The van der Waals surface area contributed by atoms with Crippen LogP contribution < -0.4 is 5.32 Å². The number of morpholine rings is 1. The van der Waals surface area contributed by atoms with Crippen molar-refractivity contribution in [1.29, 1.82) is 5.26 Å². The number of ether oxygens (including phenoxy) is 1. The SMILES string of the molecule is Cc1ccc(NC(=O)C(C#N)=Cc2cn(-c3ccccc3)nc2-c2cccc(S(=O)(=O)N3CCOCC3)c2)cc1. The Morgan fingerprint density at radius 3 is 2.45 bits per heavy atom. The smallest absolute Gasteiger partial charge is 0.266 e. The number of carbonyl (C=O) groups is 1. The molecule has 1 aliphatic heterocycles. The van der Waals surface area contributed by atoms with Gasteiger partial charge in [-0.1, -0.05) is 48.0 Å². The Balaban J connectivity index is 1.55. The number of nitriles is 1. The molecule has 5 rings (SSSR count). The number of nitrogens with one attached hydrogen (secondary N) is 1. The zero-order valence-corrected chi connectivity index (χ0v) is 22.6. The van der Waals surface area contributed by atoms with Crippen LogP contribution in [-0.4, -0.2) is 54.7 Å². The molecule has 0 saturated carbocycles. The van der Waals surface area contributed by atoms with Crippen LogP contribution in [0.3, 0.4) is 0 Å². The van der Waals surface area contributed by atoms with Gasteiger partial charge in [0.2, 0.25) is 10.0 Å². The molecule has 0 aliphatic carbocycles. The molecule has 4 aromatic rings. The molecule has 1 fully saturated rings. The molecule has 202 valence electrons. The molecular formula is C30H27N5O4S. The van der Waals surface area contributed by atoms with Gasteiger partial charge in [0.1, 0.15) is 17.3 Å². The van der Waals surface area contributed by atoms with Crippen molar-refractivity contribution in [3.05, 3.63) is 102 Å². The molecule has 0 radical (unpaired) electrons. The summed E-state index contributed by atoms with van der Waals surface area (Å²) < 4.78 is 35.0. The number of hydrogen-bond acceptors (Lipinski definition) is 6. The van der Waals surface area contributed by atoms with Gasteiger partial charge in [0.25, 0.3) is 5.91 Å². The van der Waals surface area contributed by atoms with Crippen LogP contribution in [0.5, 0.6) is 0 Å². The van der Waals surface area contributed by atoms with Crippen molar-refractivity contribution < 1.29 is 17.9 Å². The predicted octanol–water partition coefficient (Wildman–Crippen LogP) is 4.41. The van der Waals surface area contributed by atoms with E-state index in [0.717, 1.165) is 11.3 Å². The van der Waals surface area contributed by atoms with Gasteiger partial charge in [0, 0.05) is 36.1 Å². The second kappa shape index (κ2) is 11.7. The van der Waals surface area contributed by atoms with E-state index in [2.05, 4.69) is 5.32 Å². The van der Waals surface area contributed by atoms with E-state index in [4.69, 9.17) is 9.84 Å². The van der Waals surface area contributed by atoms with Crippen LogP contribution in [0, 0.1) is 18.3 Å². The molecule has 0 spiro atoms. The standard InChI is InChI=1S/C30H27N5O4S/c1-22-10-12-26(13-11-22)32-30(36)24(20-31)18-25-21-35(27-7-3-2-4-8-27)33-29(25)23-6-5-9-28(19-23)40(37,38)34-14-16-39-17-15-34/h2-13,18-19,21H,14-17H2,1H3,(H,32,36). The number of anilines is 1. The second-order valence-corrected chi connectivity index (χ2v) is 11.2. The first-order valence-corrected chi connectivity index (χ1v) is 14.1. The van der Waals surface area contributed by atoms with Crippen molar-refractivity contribution in [2.24, 2.45) is 0 Å². The van der Waals surface area contributed by atoms with Crippen molar-refractivity contribution in [3.63, 3.8) is 0 Å². The molecular weight excluding hydrogens is 526 g/mol. The van der Waals surface area contributed by atoms with Crippen LogP contribution in [0.25, 0.3) is 23.0 Å². The third kappa shape index (κ3) is 5.87. The Bertz CT molecular complexity index is 1700. The maximum absolute atomic E-state index is 13.3. The van der Waals surface area contributed by atoms with Gasteiger partial charge in [-0.2, -0.15) is 14.7 Å². The zero-order valence-electron chi connectivity index (χ0n) is 21.8. The van der Waals surface area contributed by atoms with Gasteiger partial charge in [-0.15, -0.1) is 0 Å². The van der Waals surface area contributed by atoms with Gasteiger partial charge in [0.05, 0.1) is 23.8 Å². The fourth-order valence-electron chi connectivity index (χ4n) is 4.31. The highest BCUT2D eigenvalue weighted by Crippen LogP contribution is 2.29. The van der Waals surface area contributed by atoms with Gasteiger partial charge in [-0.3, -0.25) is 4.79 Å². The summed E-state index contributed by atoms with van der Waals surface area (Å²) in [4.78, 5) is 13.1. The van der Waals surface area contributed by atoms with E-state index in [-0.39, 0.29) is 23.6 Å². The first kappa shape index (κ1) is 27.0. The van der Waals surface area contributed by atoms with Gasteiger partial charge in [-0.05, 0) is 49.4 Å². The van der Waals surface area contributed by atoms with Crippen LogP contribution in [0.2, 0.25) is 0 Å². The van der Waals surface area contributed by atoms with E-state index in [0.29, 0.717) is 35.7 Å². The fraction of sp³-hybridized carbons (Fsp3) is 0.167. The van der Waals surface area contributed by atoms with Crippen molar-refractivity contribution in [1.82, 2.24) is 14.1 Å². The number of benzene rings is 3. The van der Waals surface area contributed by atoms with Crippen molar-refractivity contribution in [2.75, 3.05) is 31.6 Å². The Labute approximate surface area is 233 Å². The van der Waals surface area contributed by atoms with Crippen LogP contribution >= 0.6 is 0 Å². The Morgan fingerprint density at radius 1 is 1.02 bits per heavy atom. The minimum absolute atomic E-state index is 0.119. The summed E-state index contributed by atoms with van der Waals surface area (Å²) in [6.07, 6.45) is 3.18. The quantitative estimate of drug-likeness (QED) is 0.268. The van der Waals surface area contributed by atoms with Crippen LogP contribution in [0.1, 0.15) is 11.1 Å². The number of nitrogens with zero attached hydrogens (tertiary/aromatic N) is 4. The summed E-state index contributed by atoms with van der Waals surface area (Å²) in [6.45, 7) is 3.20. The maximum Gasteiger partial charge on any atom is 0.266 e.